The largest absolute Gasteiger partial charge is 0.389 e. The zero-order valence-electron chi connectivity index (χ0n) is 49.6. The summed E-state index contributed by atoms with van der Waals surface area (Å²) in [5.41, 5.74) is 5.01. The number of aliphatic hydroxyl groups excluding tert-OH is 2. The zero-order chi connectivity index (χ0) is 62.1. The van der Waals surface area contributed by atoms with Crippen molar-refractivity contribution in [2.24, 2.45) is 0 Å². The minimum Gasteiger partial charge on any atom is -0.389 e. The number of aliphatic hydroxyl groups is 2. The van der Waals surface area contributed by atoms with E-state index in [2.05, 4.69) is 37.4 Å². The quantitative estimate of drug-likeness (QED) is 0.0169. The highest BCUT2D eigenvalue weighted by Crippen LogP contribution is 2.50. The van der Waals surface area contributed by atoms with Crippen molar-refractivity contribution >= 4 is 81.3 Å². The summed E-state index contributed by atoms with van der Waals surface area (Å²) in [6.45, 7) is 17.6. The maximum absolute atomic E-state index is 13.0. The number of nitrogens with two attached hydrogens (primary N) is 1. The van der Waals surface area contributed by atoms with Gasteiger partial charge in [-0.2, -0.15) is 15.0 Å². The number of hydrogen-bond acceptors (Lipinski definition) is 22. The highest BCUT2D eigenvalue weighted by atomic mass is 32.2. The van der Waals surface area contributed by atoms with E-state index in [0.29, 0.717) is 57.4 Å². The van der Waals surface area contributed by atoms with E-state index in [1.54, 1.807) is 118 Å². The lowest BCUT2D eigenvalue weighted by molar-refractivity contribution is -0.0537. The van der Waals surface area contributed by atoms with Crippen LogP contribution < -0.4 is 33.4 Å². The molecule has 0 saturated carbocycles. The van der Waals surface area contributed by atoms with E-state index in [1.807, 2.05) is 32.6 Å². The van der Waals surface area contributed by atoms with E-state index < -0.39 is 61.3 Å². The van der Waals surface area contributed by atoms with E-state index >= 15 is 0 Å². The standard InChI is InChI=1S/C24H31N4O6PS.C20H25N3O5S.C13H21N3O4S.CH4.B/c1-5-18-20(34-35(4)33-14-12-25-2)21(32-16-15-31-3)23(36-18)28-13-11-19(27-24(28)30)26-22(29)17-9-7-6-8-10-17;1-3-14-16(24)17(28-12-11-27-2)19(29-14)23-10-9-15(22-20(23)26)21-18(25)13-7-5-4-6-8-13;1-3-8-10(17)11(20-7-6-19-2)12(21-8)16-5-4-9(14)15-13(16)18;;/h6-11,13,18,20-21,23H,5,12,14-16H2,1,3-4H3,(H,26,27,29,30);4-10,14,16-17,19,24H,3,11-12H2,1-2H3,(H,21,22,25,26);4-5,8,10-12,17H,3,6-7H2,1-2H3,(H2,14,15,18);1H4;/t18-,20?,21+,23-,35?;14-,16?,17+,19-;8-,10?,11+,12-;;/m111../s1. The monoisotopic (exact) mass is 1300 g/mol. The topological polar surface area (TPSA) is 308 Å². The third-order valence-electron chi connectivity index (χ3n) is 13.5. The van der Waals surface area contributed by atoms with Crippen molar-refractivity contribution in [3.63, 3.8) is 0 Å². The van der Waals surface area contributed by atoms with Gasteiger partial charge in [-0.05, 0) is 61.7 Å². The van der Waals surface area contributed by atoms with Crippen molar-refractivity contribution in [1.82, 2.24) is 28.7 Å². The molecule has 0 spiro atoms. The highest BCUT2D eigenvalue weighted by Gasteiger charge is 2.48. The Morgan fingerprint density at radius 1 is 0.591 bits per heavy atom. The zero-order valence-corrected chi connectivity index (χ0v) is 52.9. The number of rotatable bonds is 27. The lowest BCUT2D eigenvalue weighted by Crippen LogP contribution is -2.39. The number of nitrogens with one attached hydrogen (secondary N) is 2. The normalized spacial score (nSPS) is 23.8. The Hall–Kier alpha value is -5.55. The molecular weight excluding hydrogens is 1210 g/mol. The van der Waals surface area contributed by atoms with E-state index in [1.165, 1.54) is 37.2 Å². The first-order valence-electron chi connectivity index (χ1n) is 27.9. The molecule has 3 radical (unpaired) electrons. The number of thioether (sulfide) groups is 3. The summed E-state index contributed by atoms with van der Waals surface area (Å²) >= 11 is 4.60. The van der Waals surface area contributed by atoms with Crippen molar-refractivity contribution in [2.45, 2.75) is 116 Å². The smallest absolute Gasteiger partial charge is 0.350 e. The fourth-order valence-corrected chi connectivity index (χ4v) is 15.0. The molecule has 3 fully saturated rings. The van der Waals surface area contributed by atoms with Gasteiger partial charge in [0.05, 0.1) is 51.8 Å². The summed E-state index contributed by atoms with van der Waals surface area (Å²) in [5.74, 6) is -0.149. The van der Waals surface area contributed by atoms with Crippen molar-refractivity contribution in [1.29, 1.82) is 0 Å². The van der Waals surface area contributed by atoms with Gasteiger partial charge in [0, 0.05) is 81.9 Å². The second-order valence-corrected chi connectivity index (χ2v) is 24.7. The summed E-state index contributed by atoms with van der Waals surface area (Å²) in [5, 5.41) is 25.2. The summed E-state index contributed by atoms with van der Waals surface area (Å²) in [6, 6.07) is 22.2. The van der Waals surface area contributed by atoms with Gasteiger partial charge in [0.2, 0.25) is 6.54 Å². The summed E-state index contributed by atoms with van der Waals surface area (Å²) < 4.78 is 49.2. The van der Waals surface area contributed by atoms with Crippen molar-refractivity contribution < 1.29 is 57.3 Å². The predicted octanol–water partition coefficient (Wildman–Crippen LogP) is 6.22. The second-order valence-electron chi connectivity index (χ2n) is 19.3. The van der Waals surface area contributed by atoms with Crippen LogP contribution in [-0.2, 0) is 37.5 Å². The first kappa shape index (κ1) is 74.9. The number of carbonyl (C=O) groups excluding carboxylic acids is 2. The van der Waals surface area contributed by atoms with Crippen LogP contribution in [0.4, 0.5) is 17.5 Å². The van der Waals surface area contributed by atoms with Gasteiger partial charge in [0.15, 0.2) is 8.38 Å². The van der Waals surface area contributed by atoms with Gasteiger partial charge in [-0.3, -0.25) is 23.3 Å². The number of anilines is 3. The van der Waals surface area contributed by atoms with Gasteiger partial charge in [-0.15, -0.1) is 35.3 Å². The van der Waals surface area contributed by atoms with Crippen LogP contribution in [0.3, 0.4) is 0 Å². The number of aromatic nitrogens is 6. The summed E-state index contributed by atoms with van der Waals surface area (Å²) in [6.07, 6.45) is 4.01. The summed E-state index contributed by atoms with van der Waals surface area (Å²) in [4.78, 5) is 77.5. The van der Waals surface area contributed by atoms with E-state index in [4.69, 9.17) is 49.8 Å². The van der Waals surface area contributed by atoms with Gasteiger partial charge < -0.3 is 68.9 Å². The van der Waals surface area contributed by atoms with Gasteiger partial charge in [0.25, 0.3) is 11.8 Å². The molecule has 6 N–H and O–H groups in total. The second kappa shape index (κ2) is 38.9. The third-order valence-corrected chi connectivity index (χ3v) is 19.8. The number of amides is 2. The predicted molar refractivity (Wildman–Crippen MR) is 345 cm³/mol. The van der Waals surface area contributed by atoms with Gasteiger partial charge in [0.1, 0.15) is 64.6 Å². The Morgan fingerprint density at radius 2 is 0.977 bits per heavy atom. The third kappa shape index (κ3) is 21.0. The van der Waals surface area contributed by atoms with Crippen LogP contribution in [0, 0.1) is 6.57 Å². The number of nitrogens with zero attached hydrogens (tertiary/aromatic N) is 7. The molecule has 13 atom stereocenters. The van der Waals surface area contributed by atoms with E-state index in [-0.39, 0.29) is 84.3 Å². The molecule has 0 bridgehead atoms. The molecule has 3 aromatic heterocycles. The number of methoxy groups -OCH3 is 3. The van der Waals surface area contributed by atoms with Gasteiger partial charge >= 0.3 is 17.1 Å². The molecule has 2 aromatic carbocycles. The molecule has 8 rings (SSSR count). The fraction of sp³-hybridized carbons (Fsp3) is 0.534. The molecule has 3 saturated heterocycles. The fourth-order valence-electron chi connectivity index (χ4n) is 9.23. The highest BCUT2D eigenvalue weighted by molar-refractivity contribution is 8.00. The molecule has 5 aromatic rings. The van der Waals surface area contributed by atoms with Crippen molar-refractivity contribution in [3.05, 3.63) is 151 Å². The van der Waals surface area contributed by atoms with Crippen LogP contribution in [0.15, 0.2) is 112 Å². The summed E-state index contributed by atoms with van der Waals surface area (Å²) in [7, 11) is 3.53. The van der Waals surface area contributed by atoms with Gasteiger partial charge in [-0.25, -0.2) is 21.0 Å². The number of hydrogen-bond donors (Lipinski definition) is 5. The maximum atomic E-state index is 13.0. The minimum absolute atomic E-state index is 0. The van der Waals surface area contributed by atoms with Crippen LogP contribution >= 0.6 is 43.7 Å². The molecule has 25 nitrogen and oxygen atoms in total. The number of carbonyl (C=O) groups is 2. The lowest BCUT2D eigenvalue weighted by atomic mass is 10.1. The van der Waals surface area contributed by atoms with E-state index in [9.17, 15) is 34.2 Å². The molecule has 0 aliphatic carbocycles. The Morgan fingerprint density at radius 3 is 1.36 bits per heavy atom. The molecule has 479 valence electrons. The van der Waals surface area contributed by atoms with Crippen LogP contribution in [0.5, 0.6) is 0 Å². The van der Waals surface area contributed by atoms with Crippen LogP contribution in [0.25, 0.3) is 4.85 Å². The molecular formula is C58H81BN10O15PS3. The van der Waals surface area contributed by atoms with Crippen molar-refractivity contribution in [3.8, 4) is 0 Å². The number of benzene rings is 2. The van der Waals surface area contributed by atoms with Crippen LogP contribution in [0.2, 0.25) is 0 Å². The minimum atomic E-state index is -1.23. The number of ether oxygens (including phenoxy) is 6. The molecule has 4 unspecified atom stereocenters. The molecule has 3 aliphatic rings. The molecule has 2 amide bonds. The molecule has 88 heavy (non-hydrogen) atoms. The van der Waals surface area contributed by atoms with Crippen molar-refractivity contribution in [2.75, 3.05) is 97.2 Å². The maximum Gasteiger partial charge on any atom is 0.350 e. The van der Waals surface area contributed by atoms with Crippen LogP contribution in [0.1, 0.15) is 84.3 Å². The molecule has 6 heterocycles. The first-order chi connectivity index (χ1) is 41.6. The Kier molecular flexibility index (Phi) is 33.1. The van der Waals surface area contributed by atoms with Crippen LogP contribution in [-0.4, -0.2) is 192 Å². The number of nitrogen functional groups attached to an aromatic ring is 1. The Labute approximate surface area is 529 Å². The SMILES string of the molecule is C.CC[C@H]1S[C@@H](n2ccc(N)nc2=O)[C@@H](OCCOC)C1O.CC[C@H]1S[C@@H](n2ccc(NC(=O)c3ccccc3)nc2=O)[C@@H](OCCOC)C1O.[B].[C-]#[N+]CCOP(C)OC1[C@@H](CC)S[C@@H](n2ccc(NC(=O)c3ccccc3)nc2=O)[C@H]1OCCOC. The Bertz CT molecular complexity index is 3120. The lowest BCUT2D eigenvalue weighted by Gasteiger charge is -2.28. The Balaban J connectivity index is 0.000000288. The molecule has 3 aliphatic heterocycles. The average Bonchev–Trinajstić information content (AvgIpc) is 2.28. The molecule has 30 heteroatoms. The van der Waals surface area contributed by atoms with Gasteiger partial charge in [-0.1, -0.05) is 64.6 Å². The first-order valence-corrected chi connectivity index (χ1v) is 32.3. The average molecular weight is 1300 g/mol. The van der Waals surface area contributed by atoms with E-state index in [0.717, 1.165) is 19.3 Å².